The number of nitro groups is 1. The highest BCUT2D eigenvalue weighted by Gasteiger charge is 2.28. The van der Waals surface area contributed by atoms with Crippen LogP contribution in [0.3, 0.4) is 0 Å². The van der Waals surface area contributed by atoms with Crippen molar-refractivity contribution in [3.63, 3.8) is 0 Å². The van der Waals surface area contributed by atoms with Crippen LogP contribution in [0.25, 0.3) is 0 Å². The highest BCUT2D eigenvalue weighted by molar-refractivity contribution is 5.39. The molecule has 0 radical (unpaired) electrons. The first-order valence-electron chi connectivity index (χ1n) is 8.82. The second-order valence-corrected chi connectivity index (χ2v) is 7.12. The molecule has 1 heterocycles. The summed E-state index contributed by atoms with van der Waals surface area (Å²) in [5, 5.41) is 11.1. The smallest absolute Gasteiger partial charge is 0.273 e. The predicted molar refractivity (Wildman–Crippen MR) is 91.4 cm³/mol. The van der Waals surface area contributed by atoms with Crippen molar-refractivity contribution >= 4 is 5.69 Å². The van der Waals surface area contributed by atoms with Crippen molar-refractivity contribution in [2.45, 2.75) is 45.2 Å². The number of nitrogens with zero attached hydrogens (tertiary/aromatic N) is 3. The fourth-order valence-corrected chi connectivity index (χ4v) is 4.08. The van der Waals surface area contributed by atoms with Gasteiger partial charge in [-0.1, -0.05) is 38.0 Å². The average molecular weight is 317 g/mol. The molecular formula is C18H27N3O2. The first-order chi connectivity index (χ1) is 11.1. The molecule has 0 N–H and O–H groups in total. The summed E-state index contributed by atoms with van der Waals surface area (Å²) in [5.41, 5.74) is 1.08. The zero-order chi connectivity index (χ0) is 16.2. The van der Waals surface area contributed by atoms with Gasteiger partial charge < -0.3 is 0 Å². The number of hydrogen-bond acceptors (Lipinski definition) is 4. The maximum absolute atomic E-state index is 11.1. The van der Waals surface area contributed by atoms with E-state index in [-0.39, 0.29) is 10.6 Å². The van der Waals surface area contributed by atoms with Gasteiger partial charge in [0.25, 0.3) is 5.69 Å². The Morgan fingerprint density at radius 1 is 1.17 bits per heavy atom. The molecule has 2 fully saturated rings. The Morgan fingerprint density at radius 3 is 2.61 bits per heavy atom. The number of nitro benzene ring substituents is 1. The molecule has 1 aromatic rings. The lowest BCUT2D eigenvalue weighted by Crippen LogP contribution is -2.50. The van der Waals surface area contributed by atoms with E-state index in [9.17, 15) is 10.1 Å². The topological polar surface area (TPSA) is 49.6 Å². The van der Waals surface area contributed by atoms with Crippen LogP contribution >= 0.6 is 0 Å². The average Bonchev–Trinajstić information content (AvgIpc) is 2.56. The summed E-state index contributed by atoms with van der Waals surface area (Å²) in [6.45, 7) is 7.27. The molecule has 5 heteroatoms. The number of para-hydroxylation sites is 1. The minimum Gasteiger partial charge on any atom is -0.298 e. The molecule has 2 aliphatic rings. The van der Waals surface area contributed by atoms with E-state index in [1.807, 2.05) is 12.1 Å². The molecule has 1 aliphatic carbocycles. The first kappa shape index (κ1) is 16.4. The minimum absolute atomic E-state index is 0.246. The van der Waals surface area contributed by atoms with Gasteiger partial charge in [0.1, 0.15) is 0 Å². The van der Waals surface area contributed by atoms with E-state index >= 15 is 0 Å². The summed E-state index contributed by atoms with van der Waals surface area (Å²) in [5.74, 6) is 0.860. The number of rotatable bonds is 4. The molecule has 3 rings (SSSR count). The van der Waals surface area contributed by atoms with Crippen LogP contribution in [-0.2, 0) is 6.54 Å². The van der Waals surface area contributed by atoms with E-state index in [0.717, 1.165) is 43.7 Å². The molecule has 126 valence electrons. The Kier molecular flexibility index (Phi) is 5.28. The van der Waals surface area contributed by atoms with Crippen LogP contribution in [0.2, 0.25) is 0 Å². The Hall–Kier alpha value is -1.46. The molecule has 5 nitrogen and oxygen atoms in total. The molecule has 23 heavy (non-hydrogen) atoms. The second-order valence-electron chi connectivity index (χ2n) is 7.12. The molecule has 1 aliphatic heterocycles. The van der Waals surface area contributed by atoms with Crippen molar-refractivity contribution in [2.24, 2.45) is 5.92 Å². The van der Waals surface area contributed by atoms with Crippen LogP contribution in [0.1, 0.15) is 38.2 Å². The van der Waals surface area contributed by atoms with Crippen LogP contribution in [0.4, 0.5) is 5.69 Å². The van der Waals surface area contributed by atoms with Gasteiger partial charge >= 0.3 is 0 Å². The second kappa shape index (κ2) is 7.41. The van der Waals surface area contributed by atoms with Crippen LogP contribution in [-0.4, -0.2) is 46.9 Å². The van der Waals surface area contributed by atoms with Crippen LogP contribution in [0.5, 0.6) is 0 Å². The third-order valence-electron chi connectivity index (χ3n) is 5.41. The highest BCUT2D eigenvalue weighted by Crippen LogP contribution is 2.28. The lowest BCUT2D eigenvalue weighted by molar-refractivity contribution is -0.385. The third-order valence-corrected chi connectivity index (χ3v) is 5.41. The van der Waals surface area contributed by atoms with E-state index in [4.69, 9.17) is 0 Å². The predicted octanol–water partition coefficient (Wildman–Crippen LogP) is 3.29. The van der Waals surface area contributed by atoms with Gasteiger partial charge in [0.05, 0.1) is 4.92 Å². The summed E-state index contributed by atoms with van der Waals surface area (Å²) >= 11 is 0. The van der Waals surface area contributed by atoms with Gasteiger partial charge in [-0.3, -0.25) is 19.9 Å². The highest BCUT2D eigenvalue weighted by atomic mass is 16.6. The molecule has 0 amide bonds. The van der Waals surface area contributed by atoms with Crippen LogP contribution < -0.4 is 0 Å². The summed E-state index contributed by atoms with van der Waals surface area (Å²) < 4.78 is 0. The van der Waals surface area contributed by atoms with Gasteiger partial charge in [-0.05, 0) is 18.8 Å². The van der Waals surface area contributed by atoms with Gasteiger partial charge in [0, 0.05) is 50.4 Å². The van der Waals surface area contributed by atoms with E-state index in [0.29, 0.717) is 6.54 Å². The van der Waals surface area contributed by atoms with Gasteiger partial charge in [0.2, 0.25) is 0 Å². The SMILES string of the molecule is C[C@H]1CCC[C@H](N2CCN(Cc3ccccc3[N+](=O)[O-])CC2)C1. The molecule has 1 aromatic carbocycles. The van der Waals surface area contributed by atoms with E-state index < -0.39 is 0 Å². The summed E-state index contributed by atoms with van der Waals surface area (Å²) in [7, 11) is 0. The molecule has 1 saturated carbocycles. The fraction of sp³-hybridized carbons (Fsp3) is 0.667. The Morgan fingerprint density at radius 2 is 1.91 bits per heavy atom. The number of hydrogen-bond donors (Lipinski definition) is 0. The molecule has 1 saturated heterocycles. The van der Waals surface area contributed by atoms with Crippen molar-refractivity contribution in [3.05, 3.63) is 39.9 Å². The van der Waals surface area contributed by atoms with Crippen LogP contribution in [0.15, 0.2) is 24.3 Å². The van der Waals surface area contributed by atoms with E-state index in [1.54, 1.807) is 12.1 Å². The number of benzene rings is 1. The maximum atomic E-state index is 11.1. The lowest BCUT2D eigenvalue weighted by atomic mass is 9.86. The Bertz CT molecular complexity index is 541. The zero-order valence-corrected chi connectivity index (χ0v) is 14.0. The maximum Gasteiger partial charge on any atom is 0.273 e. The molecule has 0 spiro atoms. The Balaban J connectivity index is 1.54. The monoisotopic (exact) mass is 317 g/mol. The third kappa shape index (κ3) is 4.09. The largest absolute Gasteiger partial charge is 0.298 e. The summed E-state index contributed by atoms with van der Waals surface area (Å²) in [6.07, 6.45) is 5.43. The number of piperazine rings is 1. The minimum atomic E-state index is -0.269. The fourth-order valence-electron chi connectivity index (χ4n) is 4.08. The van der Waals surface area contributed by atoms with Crippen molar-refractivity contribution in [2.75, 3.05) is 26.2 Å². The normalized spacial score (nSPS) is 27.0. The first-order valence-corrected chi connectivity index (χ1v) is 8.82. The molecular weight excluding hydrogens is 290 g/mol. The lowest BCUT2D eigenvalue weighted by Gasteiger charge is -2.42. The van der Waals surface area contributed by atoms with Crippen LogP contribution in [0, 0.1) is 16.0 Å². The van der Waals surface area contributed by atoms with Crippen molar-refractivity contribution in [3.8, 4) is 0 Å². The van der Waals surface area contributed by atoms with Gasteiger partial charge in [-0.25, -0.2) is 0 Å². The zero-order valence-electron chi connectivity index (χ0n) is 14.0. The van der Waals surface area contributed by atoms with E-state index in [2.05, 4.69) is 16.7 Å². The van der Waals surface area contributed by atoms with Crippen molar-refractivity contribution in [1.29, 1.82) is 0 Å². The summed E-state index contributed by atoms with van der Waals surface area (Å²) in [4.78, 5) is 15.9. The Labute approximate surface area is 138 Å². The van der Waals surface area contributed by atoms with Gasteiger partial charge in [-0.2, -0.15) is 0 Å². The van der Waals surface area contributed by atoms with Gasteiger partial charge in [-0.15, -0.1) is 0 Å². The summed E-state index contributed by atoms with van der Waals surface area (Å²) in [6, 6.07) is 7.88. The van der Waals surface area contributed by atoms with Gasteiger partial charge in [0.15, 0.2) is 0 Å². The van der Waals surface area contributed by atoms with E-state index in [1.165, 1.54) is 25.7 Å². The van der Waals surface area contributed by atoms with Crippen molar-refractivity contribution in [1.82, 2.24) is 9.80 Å². The molecule has 0 aromatic heterocycles. The quantitative estimate of drug-likeness (QED) is 0.631. The molecule has 2 atom stereocenters. The standard InChI is InChI=1S/C18H27N3O2/c1-15-5-4-7-17(13-15)20-11-9-19(10-12-20)14-16-6-2-3-8-18(16)21(22)23/h2-3,6,8,15,17H,4-5,7,9-14H2,1H3/t15-,17-/m0/s1. The molecule has 0 unspecified atom stereocenters. The molecule has 0 bridgehead atoms. The van der Waals surface area contributed by atoms with Crippen molar-refractivity contribution < 1.29 is 4.92 Å².